The lowest BCUT2D eigenvalue weighted by Crippen LogP contribution is -2.48. The highest BCUT2D eigenvalue weighted by Crippen LogP contribution is 2.19. The molecule has 0 aliphatic carbocycles. The molecule has 1 aliphatic heterocycles. The van der Waals surface area contributed by atoms with E-state index in [4.69, 9.17) is 0 Å². The van der Waals surface area contributed by atoms with Crippen LogP contribution in [0.4, 0.5) is 0 Å². The van der Waals surface area contributed by atoms with Gasteiger partial charge in [-0.15, -0.1) is 0 Å². The Kier molecular flexibility index (Phi) is 4.42. The number of aliphatic carboxylic acids is 1. The van der Waals surface area contributed by atoms with Gasteiger partial charge in [0.1, 0.15) is 6.04 Å². The molecule has 20 heavy (non-hydrogen) atoms. The van der Waals surface area contributed by atoms with Crippen LogP contribution in [0.3, 0.4) is 0 Å². The number of nitrogens with zero attached hydrogens (tertiary/aromatic N) is 3. The Labute approximate surface area is 118 Å². The molecule has 1 aliphatic rings. The van der Waals surface area contributed by atoms with Crippen molar-refractivity contribution < 1.29 is 14.7 Å². The molecule has 2 rings (SSSR count). The van der Waals surface area contributed by atoms with Crippen molar-refractivity contribution >= 4 is 11.9 Å². The summed E-state index contributed by atoms with van der Waals surface area (Å²) in [7, 11) is 1.85. The summed E-state index contributed by atoms with van der Waals surface area (Å²) in [6.07, 6.45) is 5.20. The van der Waals surface area contributed by atoms with Crippen LogP contribution in [0, 0.1) is 6.92 Å². The van der Waals surface area contributed by atoms with E-state index in [0.29, 0.717) is 25.8 Å². The summed E-state index contributed by atoms with van der Waals surface area (Å²) in [6, 6.07) is -0.647. The van der Waals surface area contributed by atoms with Crippen LogP contribution in [0.15, 0.2) is 6.20 Å². The average molecular weight is 279 g/mol. The molecule has 1 aromatic rings. The third kappa shape index (κ3) is 3.18. The molecule has 1 saturated heterocycles. The van der Waals surface area contributed by atoms with Crippen molar-refractivity contribution in [2.24, 2.45) is 7.05 Å². The molecule has 6 heteroatoms. The van der Waals surface area contributed by atoms with Gasteiger partial charge < -0.3 is 10.0 Å². The number of likely N-dealkylation sites (tertiary alicyclic amines) is 1. The van der Waals surface area contributed by atoms with E-state index in [1.54, 1.807) is 4.68 Å². The van der Waals surface area contributed by atoms with Gasteiger partial charge in [0.2, 0.25) is 5.91 Å². The minimum atomic E-state index is -0.893. The predicted molar refractivity (Wildman–Crippen MR) is 73.3 cm³/mol. The molecule has 1 N–H and O–H groups in total. The number of amides is 1. The minimum absolute atomic E-state index is 0.0691. The number of hydrogen-bond donors (Lipinski definition) is 1. The van der Waals surface area contributed by atoms with Crippen molar-refractivity contribution in [2.45, 2.75) is 45.1 Å². The van der Waals surface area contributed by atoms with E-state index in [9.17, 15) is 14.7 Å². The van der Waals surface area contributed by atoms with Crippen molar-refractivity contribution in [1.82, 2.24) is 14.7 Å². The van der Waals surface area contributed by atoms with Gasteiger partial charge in [0.25, 0.3) is 0 Å². The third-order valence-corrected chi connectivity index (χ3v) is 3.83. The Balaban J connectivity index is 1.96. The van der Waals surface area contributed by atoms with Crippen LogP contribution in [-0.4, -0.2) is 44.3 Å². The van der Waals surface area contributed by atoms with E-state index in [1.165, 1.54) is 4.90 Å². The van der Waals surface area contributed by atoms with Crippen molar-refractivity contribution in [1.29, 1.82) is 0 Å². The number of hydrogen-bond acceptors (Lipinski definition) is 3. The summed E-state index contributed by atoms with van der Waals surface area (Å²) >= 11 is 0. The first-order valence-corrected chi connectivity index (χ1v) is 7.00. The quantitative estimate of drug-likeness (QED) is 0.896. The SMILES string of the molecule is Cc1nn(C)cc1CCC(=O)N1CCCCC1C(=O)O. The summed E-state index contributed by atoms with van der Waals surface area (Å²) in [4.78, 5) is 25.0. The first kappa shape index (κ1) is 14.6. The van der Waals surface area contributed by atoms with Gasteiger partial charge in [-0.3, -0.25) is 9.48 Å². The topological polar surface area (TPSA) is 75.4 Å². The van der Waals surface area contributed by atoms with Crippen LogP contribution in [0.25, 0.3) is 0 Å². The molecule has 1 unspecified atom stereocenters. The molecule has 110 valence electrons. The smallest absolute Gasteiger partial charge is 0.326 e. The zero-order valence-electron chi connectivity index (χ0n) is 12.0. The average Bonchev–Trinajstić information content (AvgIpc) is 2.74. The van der Waals surface area contributed by atoms with E-state index in [-0.39, 0.29) is 5.91 Å². The number of carbonyl (C=O) groups excluding carboxylic acids is 1. The lowest BCUT2D eigenvalue weighted by atomic mass is 10.0. The maximum Gasteiger partial charge on any atom is 0.326 e. The molecular weight excluding hydrogens is 258 g/mol. The monoisotopic (exact) mass is 279 g/mol. The van der Waals surface area contributed by atoms with Crippen LogP contribution in [0.5, 0.6) is 0 Å². The molecule has 0 bridgehead atoms. The standard InChI is InChI=1S/C14H21N3O3/c1-10-11(9-16(2)15-10)6-7-13(18)17-8-4-3-5-12(17)14(19)20/h9,12H,3-8H2,1-2H3,(H,19,20). The molecule has 0 radical (unpaired) electrons. The summed E-state index contributed by atoms with van der Waals surface area (Å²) in [5, 5.41) is 13.4. The Morgan fingerprint density at radius 3 is 2.80 bits per heavy atom. The predicted octanol–water partition coefficient (Wildman–Crippen LogP) is 1.13. The van der Waals surface area contributed by atoms with Gasteiger partial charge in [0.15, 0.2) is 0 Å². The zero-order valence-corrected chi connectivity index (χ0v) is 12.0. The zero-order chi connectivity index (χ0) is 14.7. The van der Waals surface area contributed by atoms with E-state index >= 15 is 0 Å². The molecule has 1 atom stereocenters. The second kappa shape index (κ2) is 6.07. The van der Waals surface area contributed by atoms with Gasteiger partial charge in [-0.05, 0) is 38.2 Å². The fourth-order valence-electron chi connectivity index (χ4n) is 2.77. The Morgan fingerprint density at radius 2 is 2.20 bits per heavy atom. The molecular formula is C14H21N3O3. The minimum Gasteiger partial charge on any atom is -0.480 e. The Morgan fingerprint density at radius 1 is 1.45 bits per heavy atom. The van der Waals surface area contributed by atoms with Crippen molar-refractivity contribution in [3.05, 3.63) is 17.5 Å². The first-order chi connectivity index (χ1) is 9.49. The summed E-state index contributed by atoms with van der Waals surface area (Å²) in [5.41, 5.74) is 1.97. The largest absolute Gasteiger partial charge is 0.480 e. The number of aryl methyl sites for hydroxylation is 3. The molecule has 1 fully saturated rings. The summed E-state index contributed by atoms with van der Waals surface area (Å²) in [5.74, 6) is -0.962. The second-order valence-corrected chi connectivity index (χ2v) is 5.35. The summed E-state index contributed by atoms with van der Waals surface area (Å²) < 4.78 is 1.73. The highest BCUT2D eigenvalue weighted by atomic mass is 16.4. The maximum absolute atomic E-state index is 12.2. The van der Waals surface area contributed by atoms with Crippen LogP contribution < -0.4 is 0 Å². The number of carbonyl (C=O) groups is 2. The van der Waals surface area contributed by atoms with Crippen molar-refractivity contribution in [3.63, 3.8) is 0 Å². The fourth-order valence-corrected chi connectivity index (χ4v) is 2.77. The number of rotatable bonds is 4. The van der Waals surface area contributed by atoms with Gasteiger partial charge in [-0.2, -0.15) is 5.10 Å². The molecule has 0 aromatic carbocycles. The van der Waals surface area contributed by atoms with Gasteiger partial charge in [-0.25, -0.2) is 4.79 Å². The van der Waals surface area contributed by atoms with Crippen molar-refractivity contribution in [2.75, 3.05) is 6.54 Å². The number of carboxylic acids is 1. The lowest BCUT2D eigenvalue weighted by molar-refractivity contribution is -0.152. The van der Waals surface area contributed by atoms with E-state index in [2.05, 4.69) is 5.10 Å². The normalized spacial score (nSPS) is 19.1. The van der Waals surface area contributed by atoms with Gasteiger partial charge in [-0.1, -0.05) is 0 Å². The van der Waals surface area contributed by atoms with Crippen LogP contribution in [0.1, 0.15) is 36.9 Å². The second-order valence-electron chi connectivity index (χ2n) is 5.35. The third-order valence-electron chi connectivity index (χ3n) is 3.83. The molecule has 6 nitrogen and oxygen atoms in total. The van der Waals surface area contributed by atoms with Gasteiger partial charge in [0, 0.05) is 26.2 Å². The highest BCUT2D eigenvalue weighted by Gasteiger charge is 2.31. The molecule has 0 saturated carbocycles. The Bertz CT molecular complexity index is 510. The molecule has 1 aromatic heterocycles. The van der Waals surface area contributed by atoms with Crippen LogP contribution in [-0.2, 0) is 23.1 Å². The molecule has 2 heterocycles. The van der Waals surface area contributed by atoms with E-state index < -0.39 is 12.0 Å². The number of piperidine rings is 1. The first-order valence-electron chi connectivity index (χ1n) is 7.00. The van der Waals surface area contributed by atoms with Gasteiger partial charge in [0.05, 0.1) is 5.69 Å². The van der Waals surface area contributed by atoms with E-state index in [0.717, 1.165) is 24.1 Å². The number of aromatic nitrogens is 2. The maximum atomic E-state index is 12.2. The Hall–Kier alpha value is -1.85. The summed E-state index contributed by atoms with van der Waals surface area (Å²) in [6.45, 7) is 2.47. The van der Waals surface area contributed by atoms with E-state index in [1.807, 2.05) is 20.2 Å². The molecule has 1 amide bonds. The lowest BCUT2D eigenvalue weighted by Gasteiger charge is -2.33. The fraction of sp³-hybridized carbons (Fsp3) is 0.643. The highest BCUT2D eigenvalue weighted by molar-refractivity contribution is 5.84. The van der Waals surface area contributed by atoms with Crippen molar-refractivity contribution in [3.8, 4) is 0 Å². The van der Waals surface area contributed by atoms with Crippen LogP contribution in [0.2, 0.25) is 0 Å². The van der Waals surface area contributed by atoms with Crippen LogP contribution >= 0.6 is 0 Å². The van der Waals surface area contributed by atoms with Gasteiger partial charge >= 0.3 is 5.97 Å². The molecule has 0 spiro atoms. The number of carboxylic acid groups (broad SMARTS) is 1.